The number of aliphatic hydroxyl groups excluding tert-OH is 1. The van der Waals surface area contributed by atoms with Crippen molar-refractivity contribution >= 4 is 33.3 Å². The zero-order valence-electron chi connectivity index (χ0n) is 18.9. The maximum Gasteiger partial charge on any atom is 0.411 e. The lowest BCUT2D eigenvalue weighted by Gasteiger charge is -2.18. The van der Waals surface area contributed by atoms with Crippen LogP contribution in [0.3, 0.4) is 0 Å². The first-order valence-corrected chi connectivity index (χ1v) is 11.9. The first kappa shape index (κ1) is 24.6. The fraction of sp³-hybridized carbons (Fsp3) is 0.545. The second-order valence-corrected chi connectivity index (χ2v) is 9.45. The van der Waals surface area contributed by atoms with Gasteiger partial charge in [-0.05, 0) is 45.1 Å². The standard InChI is InChI=1S/C22H27F3N6O2S/c1-12-17(20-30-18-13(2)26-6-5-16(18)34-20)19(29-15-4-3-14(9-15)10-32)31-21(28-12)27-7-8-33-11-22(23,24)25/h5-6,14-15,32H,3-4,7-11H2,1-2H3,(H2,27,28,29,31). The first-order chi connectivity index (χ1) is 16.2. The van der Waals surface area contributed by atoms with E-state index in [2.05, 4.69) is 30.3 Å². The van der Waals surface area contributed by atoms with Crippen LogP contribution < -0.4 is 10.6 Å². The molecule has 1 saturated carbocycles. The zero-order chi connectivity index (χ0) is 24.3. The Balaban J connectivity index is 1.59. The molecule has 0 aromatic carbocycles. The highest BCUT2D eigenvalue weighted by atomic mass is 32.1. The maximum absolute atomic E-state index is 12.3. The monoisotopic (exact) mass is 496 g/mol. The van der Waals surface area contributed by atoms with Crippen molar-refractivity contribution in [3.63, 3.8) is 0 Å². The Morgan fingerprint density at radius 3 is 2.71 bits per heavy atom. The predicted octanol–water partition coefficient (Wildman–Crippen LogP) is 4.33. The molecule has 1 aliphatic carbocycles. The molecule has 0 radical (unpaired) electrons. The number of ether oxygens (including phenoxy) is 1. The Kier molecular flexibility index (Phi) is 7.48. The number of thiazole rings is 1. The number of aromatic nitrogens is 4. The van der Waals surface area contributed by atoms with Crippen molar-refractivity contribution in [3.8, 4) is 10.6 Å². The van der Waals surface area contributed by atoms with E-state index in [0.717, 1.165) is 45.7 Å². The molecule has 4 rings (SSSR count). The highest BCUT2D eigenvalue weighted by molar-refractivity contribution is 7.21. The van der Waals surface area contributed by atoms with Crippen LogP contribution in [0, 0.1) is 19.8 Å². The molecular weight excluding hydrogens is 469 g/mol. The van der Waals surface area contributed by atoms with Gasteiger partial charge in [-0.3, -0.25) is 4.98 Å². The summed E-state index contributed by atoms with van der Waals surface area (Å²) in [7, 11) is 0. The quantitative estimate of drug-likeness (QED) is 0.376. The molecule has 3 N–H and O–H groups in total. The van der Waals surface area contributed by atoms with Crippen molar-refractivity contribution in [1.82, 2.24) is 19.9 Å². The van der Waals surface area contributed by atoms with Gasteiger partial charge >= 0.3 is 6.18 Å². The molecule has 3 heterocycles. The second kappa shape index (κ2) is 10.4. The van der Waals surface area contributed by atoms with E-state index in [1.807, 2.05) is 19.9 Å². The third-order valence-corrected chi connectivity index (χ3v) is 6.77. The third-order valence-electron chi connectivity index (χ3n) is 5.73. The van der Waals surface area contributed by atoms with E-state index in [0.29, 0.717) is 17.5 Å². The molecule has 3 aromatic heterocycles. The highest BCUT2D eigenvalue weighted by Crippen LogP contribution is 2.38. The third kappa shape index (κ3) is 5.91. The largest absolute Gasteiger partial charge is 0.411 e. The van der Waals surface area contributed by atoms with Crippen molar-refractivity contribution < 1.29 is 23.0 Å². The summed E-state index contributed by atoms with van der Waals surface area (Å²) in [4.78, 5) is 18.3. The molecule has 0 amide bonds. The van der Waals surface area contributed by atoms with Gasteiger partial charge in [0.1, 0.15) is 22.9 Å². The molecule has 0 saturated heterocycles. The van der Waals surface area contributed by atoms with Crippen LogP contribution in [0.1, 0.15) is 30.7 Å². The van der Waals surface area contributed by atoms with Crippen molar-refractivity contribution in [2.75, 3.05) is 37.0 Å². The fourth-order valence-electron chi connectivity index (χ4n) is 4.09. The summed E-state index contributed by atoms with van der Waals surface area (Å²) in [5, 5.41) is 16.7. The van der Waals surface area contributed by atoms with Crippen LogP contribution in [-0.4, -0.2) is 63.6 Å². The molecule has 12 heteroatoms. The Labute approximate surface area is 199 Å². The van der Waals surface area contributed by atoms with E-state index >= 15 is 0 Å². The minimum Gasteiger partial charge on any atom is -0.396 e. The number of anilines is 2. The summed E-state index contributed by atoms with van der Waals surface area (Å²) < 4.78 is 42.5. The molecule has 184 valence electrons. The lowest BCUT2D eigenvalue weighted by atomic mass is 10.1. The number of nitrogens with zero attached hydrogens (tertiary/aromatic N) is 4. The number of aliphatic hydroxyl groups is 1. The van der Waals surface area contributed by atoms with Gasteiger partial charge in [-0.1, -0.05) is 0 Å². The molecule has 1 aliphatic rings. The molecule has 0 spiro atoms. The maximum atomic E-state index is 12.3. The Bertz CT molecular complexity index is 1140. The molecule has 0 bridgehead atoms. The van der Waals surface area contributed by atoms with Crippen molar-refractivity contribution in [2.45, 2.75) is 45.3 Å². The Morgan fingerprint density at radius 2 is 2.00 bits per heavy atom. The number of halogens is 3. The smallest absolute Gasteiger partial charge is 0.396 e. The number of aryl methyl sites for hydroxylation is 2. The average molecular weight is 497 g/mol. The van der Waals surface area contributed by atoms with Crippen LogP contribution in [0.2, 0.25) is 0 Å². The number of hydrogen-bond donors (Lipinski definition) is 3. The summed E-state index contributed by atoms with van der Waals surface area (Å²) in [5.41, 5.74) is 3.15. The van der Waals surface area contributed by atoms with E-state index in [-0.39, 0.29) is 31.7 Å². The molecule has 1 fully saturated rings. The lowest BCUT2D eigenvalue weighted by molar-refractivity contribution is -0.172. The van der Waals surface area contributed by atoms with Gasteiger partial charge < -0.3 is 20.5 Å². The van der Waals surface area contributed by atoms with E-state index < -0.39 is 12.8 Å². The normalized spacial score (nSPS) is 18.5. The van der Waals surface area contributed by atoms with Gasteiger partial charge in [-0.2, -0.15) is 18.2 Å². The van der Waals surface area contributed by atoms with E-state index in [9.17, 15) is 18.3 Å². The highest BCUT2D eigenvalue weighted by Gasteiger charge is 2.28. The Hall–Kier alpha value is -2.57. The molecule has 0 aliphatic heterocycles. The number of hydrogen-bond acceptors (Lipinski definition) is 9. The van der Waals surface area contributed by atoms with E-state index in [1.165, 1.54) is 11.3 Å². The minimum absolute atomic E-state index is 0.128. The predicted molar refractivity (Wildman–Crippen MR) is 125 cm³/mol. The van der Waals surface area contributed by atoms with Gasteiger partial charge in [0.25, 0.3) is 0 Å². The second-order valence-electron chi connectivity index (χ2n) is 8.42. The van der Waals surface area contributed by atoms with Crippen LogP contribution >= 0.6 is 11.3 Å². The Morgan fingerprint density at radius 1 is 1.18 bits per heavy atom. The van der Waals surface area contributed by atoms with Gasteiger partial charge in [0.2, 0.25) is 5.95 Å². The number of rotatable bonds is 9. The van der Waals surface area contributed by atoms with Gasteiger partial charge in [0.05, 0.1) is 28.3 Å². The van der Waals surface area contributed by atoms with Gasteiger partial charge in [-0.25, -0.2) is 9.97 Å². The minimum atomic E-state index is -4.36. The summed E-state index contributed by atoms with van der Waals surface area (Å²) in [6.45, 7) is 2.64. The van der Waals surface area contributed by atoms with Gasteiger partial charge in [0.15, 0.2) is 0 Å². The summed E-state index contributed by atoms with van der Waals surface area (Å²) >= 11 is 1.53. The van der Waals surface area contributed by atoms with Crippen molar-refractivity contribution in [1.29, 1.82) is 0 Å². The molecule has 2 atom stereocenters. The van der Waals surface area contributed by atoms with Crippen LogP contribution in [0.25, 0.3) is 20.8 Å². The van der Waals surface area contributed by atoms with Gasteiger partial charge in [0, 0.05) is 25.4 Å². The fourth-order valence-corrected chi connectivity index (χ4v) is 5.20. The summed E-state index contributed by atoms with van der Waals surface area (Å²) in [5.74, 6) is 1.16. The van der Waals surface area contributed by atoms with Crippen LogP contribution in [0.5, 0.6) is 0 Å². The van der Waals surface area contributed by atoms with Crippen molar-refractivity contribution in [2.24, 2.45) is 5.92 Å². The number of fused-ring (bicyclic) bond motifs is 1. The SMILES string of the molecule is Cc1nc(NCCOCC(F)(F)F)nc(NC2CCC(CO)C2)c1-c1nc2c(C)nccc2s1. The molecule has 3 aromatic rings. The van der Waals surface area contributed by atoms with Crippen molar-refractivity contribution in [3.05, 3.63) is 23.7 Å². The van der Waals surface area contributed by atoms with Crippen LogP contribution in [0.15, 0.2) is 12.3 Å². The lowest BCUT2D eigenvalue weighted by Crippen LogP contribution is -2.21. The zero-order valence-corrected chi connectivity index (χ0v) is 19.8. The molecule has 34 heavy (non-hydrogen) atoms. The molecule has 8 nitrogen and oxygen atoms in total. The molecular formula is C22H27F3N6O2S. The molecule has 2 unspecified atom stereocenters. The summed E-state index contributed by atoms with van der Waals surface area (Å²) in [6.07, 6.45) is 0.0655. The van der Waals surface area contributed by atoms with Crippen LogP contribution in [0.4, 0.5) is 24.9 Å². The number of alkyl halides is 3. The van der Waals surface area contributed by atoms with E-state index in [4.69, 9.17) is 4.98 Å². The summed E-state index contributed by atoms with van der Waals surface area (Å²) in [6, 6.07) is 2.07. The number of pyridine rings is 1. The van der Waals surface area contributed by atoms with Crippen LogP contribution in [-0.2, 0) is 4.74 Å². The number of nitrogens with one attached hydrogen (secondary N) is 2. The topological polar surface area (TPSA) is 105 Å². The van der Waals surface area contributed by atoms with Gasteiger partial charge in [-0.15, -0.1) is 11.3 Å². The average Bonchev–Trinajstić information content (AvgIpc) is 3.40. The van der Waals surface area contributed by atoms with E-state index in [1.54, 1.807) is 6.20 Å². The first-order valence-electron chi connectivity index (χ1n) is 11.1.